The van der Waals surface area contributed by atoms with Gasteiger partial charge in [0.25, 0.3) is 0 Å². The van der Waals surface area contributed by atoms with Gasteiger partial charge in [0.05, 0.1) is 12.1 Å². The van der Waals surface area contributed by atoms with E-state index < -0.39 is 12.1 Å². The molecule has 1 fully saturated rings. The van der Waals surface area contributed by atoms with Crippen LogP contribution in [-0.4, -0.2) is 37.0 Å². The molecule has 1 aliphatic rings. The lowest BCUT2D eigenvalue weighted by Crippen LogP contribution is -2.50. The summed E-state index contributed by atoms with van der Waals surface area (Å²) < 4.78 is 5.19. The summed E-state index contributed by atoms with van der Waals surface area (Å²) in [5.74, 6) is 0.0736. The SMILES string of the molecule is CC(C)C[C@H](N)C(=O)N[C@H]1CCCCOCC1=O. The topological polar surface area (TPSA) is 81.4 Å². The third kappa shape index (κ3) is 5.14. The Labute approximate surface area is 108 Å². The molecule has 1 saturated heterocycles. The van der Waals surface area contributed by atoms with E-state index in [0.29, 0.717) is 25.4 Å². The molecule has 1 amide bonds. The van der Waals surface area contributed by atoms with Crippen molar-refractivity contribution < 1.29 is 14.3 Å². The molecule has 0 aromatic heterocycles. The highest BCUT2D eigenvalue weighted by molar-refractivity contribution is 5.91. The number of hydrogen-bond donors (Lipinski definition) is 2. The zero-order valence-electron chi connectivity index (χ0n) is 11.3. The first kappa shape index (κ1) is 15.1. The minimum atomic E-state index is -0.538. The summed E-state index contributed by atoms with van der Waals surface area (Å²) in [4.78, 5) is 23.6. The zero-order valence-corrected chi connectivity index (χ0v) is 11.3. The summed E-state index contributed by atoms with van der Waals surface area (Å²) in [6.45, 7) is 4.74. The highest BCUT2D eigenvalue weighted by Crippen LogP contribution is 2.08. The van der Waals surface area contributed by atoms with Crippen molar-refractivity contribution in [2.24, 2.45) is 11.7 Å². The fourth-order valence-electron chi connectivity index (χ4n) is 2.03. The van der Waals surface area contributed by atoms with Crippen molar-refractivity contribution >= 4 is 11.7 Å². The summed E-state index contributed by atoms with van der Waals surface area (Å²) in [5, 5.41) is 2.75. The average molecular weight is 256 g/mol. The van der Waals surface area contributed by atoms with Gasteiger partial charge in [-0.3, -0.25) is 9.59 Å². The second-order valence-electron chi connectivity index (χ2n) is 5.31. The van der Waals surface area contributed by atoms with Crippen LogP contribution in [-0.2, 0) is 14.3 Å². The van der Waals surface area contributed by atoms with Crippen molar-refractivity contribution in [3.63, 3.8) is 0 Å². The standard InChI is InChI=1S/C13H24N2O3/c1-9(2)7-10(14)13(17)15-11-5-3-4-6-18-8-12(11)16/h9-11H,3-8,14H2,1-2H3,(H,15,17)/t10-,11-/m0/s1. The van der Waals surface area contributed by atoms with Crippen LogP contribution < -0.4 is 11.1 Å². The van der Waals surface area contributed by atoms with Gasteiger partial charge in [0, 0.05) is 6.61 Å². The molecule has 0 aromatic carbocycles. The van der Waals surface area contributed by atoms with E-state index in [9.17, 15) is 9.59 Å². The first-order valence-electron chi connectivity index (χ1n) is 6.67. The number of amides is 1. The lowest BCUT2D eigenvalue weighted by atomic mass is 10.0. The molecule has 0 radical (unpaired) electrons. The van der Waals surface area contributed by atoms with Crippen LogP contribution in [0.2, 0.25) is 0 Å². The first-order chi connectivity index (χ1) is 8.50. The Bertz CT molecular complexity index is 292. The predicted molar refractivity (Wildman–Crippen MR) is 69.0 cm³/mol. The maximum absolute atomic E-state index is 11.9. The van der Waals surface area contributed by atoms with E-state index in [1.807, 2.05) is 13.8 Å². The molecule has 0 saturated carbocycles. The Balaban J connectivity index is 2.47. The van der Waals surface area contributed by atoms with Crippen LogP contribution >= 0.6 is 0 Å². The van der Waals surface area contributed by atoms with Gasteiger partial charge in [-0.1, -0.05) is 13.8 Å². The second-order valence-corrected chi connectivity index (χ2v) is 5.31. The molecule has 1 aliphatic heterocycles. The van der Waals surface area contributed by atoms with Gasteiger partial charge in [-0.2, -0.15) is 0 Å². The lowest BCUT2D eigenvalue weighted by Gasteiger charge is -2.22. The Morgan fingerprint density at radius 3 is 2.89 bits per heavy atom. The van der Waals surface area contributed by atoms with Crippen molar-refractivity contribution in [3.8, 4) is 0 Å². The highest BCUT2D eigenvalue weighted by atomic mass is 16.5. The number of nitrogens with one attached hydrogen (secondary N) is 1. The number of carbonyl (C=O) groups excluding carboxylic acids is 2. The van der Waals surface area contributed by atoms with Gasteiger partial charge >= 0.3 is 0 Å². The van der Waals surface area contributed by atoms with Crippen LogP contribution in [0.15, 0.2) is 0 Å². The minimum Gasteiger partial charge on any atom is -0.374 e. The Kier molecular flexibility index (Phi) is 6.29. The summed E-state index contributed by atoms with van der Waals surface area (Å²) in [7, 11) is 0. The minimum absolute atomic E-state index is 0.0557. The number of carbonyl (C=O) groups is 2. The molecule has 0 unspecified atom stereocenters. The van der Waals surface area contributed by atoms with Crippen LogP contribution in [0.5, 0.6) is 0 Å². The fraction of sp³-hybridized carbons (Fsp3) is 0.846. The van der Waals surface area contributed by atoms with Crippen LogP contribution in [0.1, 0.15) is 39.5 Å². The third-order valence-corrected chi connectivity index (χ3v) is 3.04. The molecule has 3 N–H and O–H groups in total. The summed E-state index contributed by atoms with van der Waals surface area (Å²) in [6.07, 6.45) is 3.12. The van der Waals surface area contributed by atoms with Crippen molar-refractivity contribution in [1.82, 2.24) is 5.32 Å². The van der Waals surface area contributed by atoms with E-state index in [-0.39, 0.29) is 18.3 Å². The molecule has 0 spiro atoms. The van der Waals surface area contributed by atoms with E-state index in [4.69, 9.17) is 10.5 Å². The maximum atomic E-state index is 11.9. The predicted octanol–water partition coefficient (Wildman–Crippen LogP) is 0.614. The zero-order chi connectivity index (χ0) is 13.5. The lowest BCUT2D eigenvalue weighted by molar-refractivity contribution is -0.132. The third-order valence-electron chi connectivity index (χ3n) is 3.04. The summed E-state index contributed by atoms with van der Waals surface area (Å²) in [5.41, 5.74) is 5.80. The number of rotatable bonds is 4. The number of ketones is 1. The van der Waals surface area contributed by atoms with E-state index in [1.54, 1.807) is 0 Å². The molecule has 1 rings (SSSR count). The first-order valence-corrected chi connectivity index (χ1v) is 6.67. The monoisotopic (exact) mass is 256 g/mol. The summed E-state index contributed by atoms with van der Waals surface area (Å²) >= 11 is 0. The molecular formula is C13H24N2O3. The van der Waals surface area contributed by atoms with Crippen LogP contribution in [0.25, 0.3) is 0 Å². The molecule has 0 aromatic rings. The molecule has 18 heavy (non-hydrogen) atoms. The van der Waals surface area contributed by atoms with Crippen LogP contribution in [0, 0.1) is 5.92 Å². The molecule has 1 heterocycles. The number of Topliss-reactive ketones (excluding diaryl/α,β-unsaturated/α-hetero) is 1. The smallest absolute Gasteiger partial charge is 0.237 e. The molecule has 2 atom stereocenters. The average Bonchev–Trinajstić information content (AvgIpc) is 2.27. The molecule has 5 heteroatoms. The number of ether oxygens (including phenoxy) is 1. The largest absolute Gasteiger partial charge is 0.374 e. The fourth-order valence-corrected chi connectivity index (χ4v) is 2.03. The van der Waals surface area contributed by atoms with E-state index in [1.165, 1.54) is 0 Å². The number of hydrogen-bond acceptors (Lipinski definition) is 4. The van der Waals surface area contributed by atoms with Gasteiger partial charge in [0.1, 0.15) is 6.61 Å². The molecule has 104 valence electrons. The van der Waals surface area contributed by atoms with E-state index >= 15 is 0 Å². The molecule has 0 aliphatic carbocycles. The molecule has 5 nitrogen and oxygen atoms in total. The van der Waals surface area contributed by atoms with Crippen molar-refractivity contribution in [2.75, 3.05) is 13.2 Å². The van der Waals surface area contributed by atoms with E-state index in [2.05, 4.69) is 5.32 Å². The Morgan fingerprint density at radius 2 is 2.22 bits per heavy atom. The van der Waals surface area contributed by atoms with Crippen molar-refractivity contribution in [2.45, 2.75) is 51.6 Å². The Morgan fingerprint density at radius 1 is 1.50 bits per heavy atom. The maximum Gasteiger partial charge on any atom is 0.237 e. The molecule has 0 bridgehead atoms. The quantitative estimate of drug-likeness (QED) is 0.772. The van der Waals surface area contributed by atoms with Gasteiger partial charge in [0.15, 0.2) is 5.78 Å². The number of nitrogens with two attached hydrogens (primary N) is 1. The summed E-state index contributed by atoms with van der Waals surface area (Å²) in [6, 6.07) is -0.972. The van der Waals surface area contributed by atoms with Crippen molar-refractivity contribution in [3.05, 3.63) is 0 Å². The van der Waals surface area contributed by atoms with Gasteiger partial charge in [-0.25, -0.2) is 0 Å². The van der Waals surface area contributed by atoms with E-state index in [0.717, 1.165) is 12.8 Å². The van der Waals surface area contributed by atoms with Crippen LogP contribution in [0.3, 0.4) is 0 Å². The van der Waals surface area contributed by atoms with Gasteiger partial charge in [0.2, 0.25) is 5.91 Å². The normalized spacial score (nSPS) is 23.3. The Hall–Kier alpha value is -0.940. The van der Waals surface area contributed by atoms with Crippen LogP contribution in [0.4, 0.5) is 0 Å². The van der Waals surface area contributed by atoms with Gasteiger partial charge < -0.3 is 15.8 Å². The second kappa shape index (κ2) is 7.48. The van der Waals surface area contributed by atoms with Crippen molar-refractivity contribution in [1.29, 1.82) is 0 Å². The highest BCUT2D eigenvalue weighted by Gasteiger charge is 2.24. The molecular weight excluding hydrogens is 232 g/mol. The van der Waals surface area contributed by atoms with Gasteiger partial charge in [-0.15, -0.1) is 0 Å². The van der Waals surface area contributed by atoms with Gasteiger partial charge in [-0.05, 0) is 31.6 Å².